The SMILES string of the molecule is C=C/C=C\c1oc2c(-c3ccc(N(c4ccc(-c5ccccc5)cc4)c4ccc5c(c4)C(C)(C)c4ccccc4-5)cc3)cccc2c1C. The van der Waals surface area contributed by atoms with Gasteiger partial charge in [-0.15, -0.1) is 0 Å². The molecule has 1 heterocycles. The van der Waals surface area contributed by atoms with Crippen LogP contribution in [0.25, 0.3) is 50.4 Å². The van der Waals surface area contributed by atoms with Crippen LogP contribution in [-0.4, -0.2) is 0 Å². The predicted molar refractivity (Wildman–Crippen MR) is 203 cm³/mol. The summed E-state index contributed by atoms with van der Waals surface area (Å²) >= 11 is 0. The Morgan fingerprint density at radius 2 is 1.19 bits per heavy atom. The zero-order chi connectivity index (χ0) is 32.8. The summed E-state index contributed by atoms with van der Waals surface area (Å²) in [7, 11) is 0. The molecule has 0 aliphatic heterocycles. The van der Waals surface area contributed by atoms with Crippen LogP contribution in [0.4, 0.5) is 17.1 Å². The van der Waals surface area contributed by atoms with Crippen molar-refractivity contribution in [2.45, 2.75) is 26.2 Å². The van der Waals surface area contributed by atoms with Crippen molar-refractivity contribution in [2.24, 2.45) is 0 Å². The van der Waals surface area contributed by atoms with E-state index >= 15 is 0 Å². The van der Waals surface area contributed by atoms with E-state index in [1.807, 2.05) is 12.2 Å². The van der Waals surface area contributed by atoms with E-state index in [9.17, 15) is 0 Å². The Hall–Kier alpha value is -5.86. The van der Waals surface area contributed by atoms with Crippen molar-refractivity contribution in [3.63, 3.8) is 0 Å². The number of benzene rings is 6. The van der Waals surface area contributed by atoms with Gasteiger partial charge in [-0.1, -0.05) is 136 Å². The van der Waals surface area contributed by atoms with E-state index in [2.05, 4.69) is 172 Å². The van der Waals surface area contributed by atoms with Crippen molar-refractivity contribution in [1.29, 1.82) is 0 Å². The average molecular weight is 620 g/mol. The van der Waals surface area contributed by atoms with Crippen LogP contribution >= 0.6 is 0 Å². The van der Waals surface area contributed by atoms with E-state index in [-0.39, 0.29) is 5.41 Å². The fourth-order valence-electron chi connectivity index (χ4n) is 7.31. The topological polar surface area (TPSA) is 16.4 Å². The molecule has 0 N–H and O–H groups in total. The molecule has 0 radical (unpaired) electrons. The van der Waals surface area contributed by atoms with Crippen LogP contribution in [0.1, 0.15) is 36.3 Å². The number of anilines is 3. The summed E-state index contributed by atoms with van der Waals surface area (Å²) in [5.74, 6) is 0.862. The molecule has 2 heteroatoms. The Morgan fingerprint density at radius 3 is 1.92 bits per heavy atom. The minimum atomic E-state index is -0.0891. The van der Waals surface area contributed by atoms with E-state index in [4.69, 9.17) is 4.42 Å². The molecule has 1 aliphatic rings. The number of furan rings is 1. The summed E-state index contributed by atoms with van der Waals surface area (Å²) in [5, 5.41) is 1.13. The third-order valence-electron chi connectivity index (χ3n) is 9.88. The van der Waals surface area contributed by atoms with E-state index in [0.29, 0.717) is 0 Å². The summed E-state index contributed by atoms with van der Waals surface area (Å²) in [6.45, 7) is 10.6. The van der Waals surface area contributed by atoms with Gasteiger partial charge in [0.25, 0.3) is 0 Å². The van der Waals surface area contributed by atoms with E-state index < -0.39 is 0 Å². The highest BCUT2D eigenvalue weighted by molar-refractivity contribution is 5.96. The molecule has 232 valence electrons. The normalized spacial score (nSPS) is 13.1. The molecule has 8 rings (SSSR count). The quantitative estimate of drug-likeness (QED) is 0.165. The van der Waals surface area contributed by atoms with Crippen LogP contribution in [0.15, 0.2) is 163 Å². The van der Waals surface area contributed by atoms with Gasteiger partial charge in [0.05, 0.1) is 0 Å². The third kappa shape index (κ3) is 4.89. The first-order valence-electron chi connectivity index (χ1n) is 16.6. The molecule has 0 unspecified atom stereocenters. The fraction of sp³-hybridized carbons (Fsp3) is 0.0870. The maximum Gasteiger partial charge on any atom is 0.142 e. The molecule has 1 aliphatic carbocycles. The van der Waals surface area contributed by atoms with Crippen LogP contribution in [0, 0.1) is 6.92 Å². The van der Waals surface area contributed by atoms with Crippen LogP contribution < -0.4 is 4.90 Å². The lowest BCUT2D eigenvalue weighted by molar-refractivity contribution is 0.602. The van der Waals surface area contributed by atoms with Gasteiger partial charge in [-0.05, 0) is 88.3 Å². The first-order chi connectivity index (χ1) is 23.4. The van der Waals surface area contributed by atoms with Gasteiger partial charge in [-0.25, -0.2) is 0 Å². The lowest BCUT2D eigenvalue weighted by atomic mass is 9.82. The Labute approximate surface area is 282 Å². The minimum Gasteiger partial charge on any atom is -0.456 e. The molecule has 2 nitrogen and oxygen atoms in total. The predicted octanol–water partition coefficient (Wildman–Crippen LogP) is 13.1. The second kappa shape index (κ2) is 11.7. The number of hydrogen-bond donors (Lipinski definition) is 0. The maximum absolute atomic E-state index is 6.39. The number of fused-ring (bicyclic) bond motifs is 4. The number of hydrogen-bond acceptors (Lipinski definition) is 2. The van der Waals surface area contributed by atoms with Gasteiger partial charge in [-0.2, -0.15) is 0 Å². The molecule has 7 aromatic rings. The van der Waals surface area contributed by atoms with E-state index in [0.717, 1.165) is 50.5 Å². The number of nitrogens with zero attached hydrogens (tertiary/aromatic N) is 1. The lowest BCUT2D eigenvalue weighted by Gasteiger charge is -2.28. The molecule has 1 aromatic heterocycles. The lowest BCUT2D eigenvalue weighted by Crippen LogP contribution is -2.16. The van der Waals surface area contributed by atoms with Crippen LogP contribution in [0.5, 0.6) is 0 Å². The summed E-state index contributed by atoms with van der Waals surface area (Å²) in [6, 6.07) is 50.5. The van der Waals surface area contributed by atoms with Crippen LogP contribution in [0.3, 0.4) is 0 Å². The summed E-state index contributed by atoms with van der Waals surface area (Å²) in [5.41, 5.74) is 15.3. The highest BCUT2D eigenvalue weighted by Crippen LogP contribution is 2.50. The number of para-hydroxylation sites is 1. The molecule has 0 amide bonds. The van der Waals surface area contributed by atoms with Gasteiger partial charge < -0.3 is 9.32 Å². The van der Waals surface area contributed by atoms with Gasteiger partial charge >= 0.3 is 0 Å². The molecule has 0 fully saturated rings. The van der Waals surface area contributed by atoms with Gasteiger partial charge in [0.2, 0.25) is 0 Å². The number of aryl methyl sites for hydroxylation is 1. The highest BCUT2D eigenvalue weighted by atomic mass is 16.3. The largest absolute Gasteiger partial charge is 0.456 e. The highest BCUT2D eigenvalue weighted by Gasteiger charge is 2.35. The molecule has 6 aromatic carbocycles. The summed E-state index contributed by atoms with van der Waals surface area (Å²) < 4.78 is 6.39. The zero-order valence-corrected chi connectivity index (χ0v) is 27.6. The van der Waals surface area contributed by atoms with Gasteiger partial charge in [-0.3, -0.25) is 0 Å². The molecule has 48 heavy (non-hydrogen) atoms. The third-order valence-corrected chi connectivity index (χ3v) is 9.88. The standard InChI is InChI=1S/C46H37NO/c1-5-6-19-44-31(2)38-16-12-17-39(45(38)48-44)34-22-26-36(27-23-34)47(35-24-20-33(21-25-35)32-13-8-7-9-14-32)37-28-29-41-40-15-10-11-18-42(40)46(3,4)43(41)30-37/h5-30H,1H2,2-4H3/b19-6-. The molecule has 0 saturated carbocycles. The van der Waals surface area contributed by atoms with Gasteiger partial charge in [0.1, 0.15) is 11.3 Å². The average Bonchev–Trinajstić information content (AvgIpc) is 3.58. The number of allylic oxidation sites excluding steroid dienone is 2. The molecule has 0 bridgehead atoms. The smallest absolute Gasteiger partial charge is 0.142 e. The van der Waals surface area contributed by atoms with Crippen LogP contribution in [-0.2, 0) is 5.41 Å². The van der Waals surface area contributed by atoms with E-state index in [1.54, 1.807) is 6.08 Å². The Kier molecular flexibility index (Phi) is 7.22. The Balaban J connectivity index is 1.23. The van der Waals surface area contributed by atoms with Crippen LogP contribution in [0.2, 0.25) is 0 Å². The first-order valence-corrected chi connectivity index (χ1v) is 16.6. The Morgan fingerprint density at radius 1 is 0.583 bits per heavy atom. The molecule has 0 spiro atoms. The second-order valence-electron chi connectivity index (χ2n) is 13.1. The van der Waals surface area contributed by atoms with E-state index in [1.165, 1.54) is 33.4 Å². The molecule has 0 atom stereocenters. The number of rotatable bonds is 7. The van der Waals surface area contributed by atoms with Crippen molar-refractivity contribution in [2.75, 3.05) is 4.90 Å². The first kappa shape index (κ1) is 29.5. The molecule has 0 saturated heterocycles. The molecular weight excluding hydrogens is 583 g/mol. The second-order valence-corrected chi connectivity index (χ2v) is 13.1. The summed E-state index contributed by atoms with van der Waals surface area (Å²) in [4.78, 5) is 2.37. The fourth-order valence-corrected chi connectivity index (χ4v) is 7.31. The van der Waals surface area contributed by atoms with Crippen molar-refractivity contribution in [3.8, 4) is 33.4 Å². The van der Waals surface area contributed by atoms with Gasteiger partial charge in [0.15, 0.2) is 0 Å². The van der Waals surface area contributed by atoms with Crippen molar-refractivity contribution >= 4 is 34.1 Å². The molecular formula is C46H37NO. The van der Waals surface area contributed by atoms with Crippen molar-refractivity contribution < 1.29 is 4.42 Å². The zero-order valence-electron chi connectivity index (χ0n) is 27.6. The maximum atomic E-state index is 6.39. The van der Waals surface area contributed by atoms with Crippen molar-refractivity contribution in [3.05, 3.63) is 181 Å². The summed E-state index contributed by atoms with van der Waals surface area (Å²) in [6.07, 6.45) is 5.67. The van der Waals surface area contributed by atoms with Crippen molar-refractivity contribution in [1.82, 2.24) is 0 Å². The monoisotopic (exact) mass is 619 g/mol. The minimum absolute atomic E-state index is 0.0891. The van der Waals surface area contributed by atoms with Gasteiger partial charge in [0, 0.05) is 39.0 Å². The Bertz CT molecular complexity index is 2320.